The number of aliphatic imine (C=N–C) groups is 1. The van der Waals surface area contributed by atoms with Crippen molar-refractivity contribution in [2.45, 2.75) is 45.1 Å². The highest BCUT2D eigenvalue weighted by atomic mass is 127. The van der Waals surface area contributed by atoms with E-state index in [1.807, 2.05) is 6.07 Å². The van der Waals surface area contributed by atoms with Gasteiger partial charge in [0.1, 0.15) is 5.75 Å². The number of aryl methyl sites for hydroxylation is 1. The first-order valence-corrected chi connectivity index (χ1v) is 9.63. The molecular weight excluding hydrogens is 457 g/mol. The zero-order chi connectivity index (χ0) is 18.4. The second kappa shape index (κ2) is 10.5. The number of aromatic hydroxyl groups is 1. The van der Waals surface area contributed by atoms with Crippen molar-refractivity contribution in [3.63, 3.8) is 0 Å². The van der Waals surface area contributed by atoms with Crippen LogP contribution in [-0.4, -0.2) is 49.6 Å². The Morgan fingerprint density at radius 2 is 2.07 bits per heavy atom. The zero-order valence-corrected chi connectivity index (χ0v) is 18.4. The number of rotatable bonds is 6. The Bertz CT molecular complexity index is 646. The highest BCUT2D eigenvalue weighted by Crippen LogP contribution is 2.32. The number of benzene rings is 1. The van der Waals surface area contributed by atoms with E-state index < -0.39 is 0 Å². The van der Waals surface area contributed by atoms with Gasteiger partial charge in [-0.2, -0.15) is 0 Å². The summed E-state index contributed by atoms with van der Waals surface area (Å²) >= 11 is 0. The number of ether oxygens (including phenoxy) is 1. The Hall–Kier alpha value is -1.06. The molecule has 2 aliphatic rings. The van der Waals surface area contributed by atoms with Crippen LogP contribution >= 0.6 is 24.0 Å². The molecule has 1 aliphatic carbocycles. The molecule has 0 bridgehead atoms. The third-order valence-corrected chi connectivity index (χ3v) is 5.74. The third kappa shape index (κ3) is 5.48. The van der Waals surface area contributed by atoms with Crippen LogP contribution in [0, 0.1) is 5.41 Å². The van der Waals surface area contributed by atoms with Gasteiger partial charge < -0.3 is 25.6 Å². The number of nitrogens with one attached hydrogen (secondary N) is 2. The van der Waals surface area contributed by atoms with Crippen LogP contribution in [0.2, 0.25) is 0 Å². The number of halogens is 1. The van der Waals surface area contributed by atoms with Gasteiger partial charge in [-0.3, -0.25) is 4.99 Å². The minimum atomic E-state index is -0.0274. The zero-order valence-electron chi connectivity index (χ0n) is 16.1. The van der Waals surface area contributed by atoms with Gasteiger partial charge in [-0.25, -0.2) is 0 Å². The van der Waals surface area contributed by atoms with Crippen LogP contribution in [0.15, 0.2) is 17.1 Å². The van der Waals surface area contributed by atoms with Crippen LogP contribution in [0.1, 0.15) is 42.4 Å². The van der Waals surface area contributed by atoms with Crippen molar-refractivity contribution >= 4 is 29.9 Å². The quantitative estimate of drug-likeness (QED) is 0.280. The van der Waals surface area contributed by atoms with Gasteiger partial charge in [-0.05, 0) is 55.7 Å². The molecule has 4 N–H and O–H groups in total. The first kappa shape index (κ1) is 22.2. The van der Waals surface area contributed by atoms with Crippen LogP contribution in [0.4, 0.5) is 0 Å². The SMILES string of the molecule is CN=C(NCc1c(O)ccc2c1CCCC2)NCC1(CCO)CCOC1.I. The summed E-state index contributed by atoms with van der Waals surface area (Å²) in [6, 6.07) is 3.86. The molecular formula is C20H32IN3O3. The van der Waals surface area contributed by atoms with E-state index in [2.05, 4.69) is 21.7 Å². The van der Waals surface area contributed by atoms with Gasteiger partial charge in [0.2, 0.25) is 0 Å². The fourth-order valence-electron chi connectivity index (χ4n) is 4.06. The normalized spacial score (nSPS) is 22.1. The Balaban J connectivity index is 0.00000261. The smallest absolute Gasteiger partial charge is 0.191 e. The largest absolute Gasteiger partial charge is 0.508 e. The van der Waals surface area contributed by atoms with Gasteiger partial charge in [-0.1, -0.05) is 6.07 Å². The Morgan fingerprint density at radius 1 is 1.26 bits per heavy atom. The summed E-state index contributed by atoms with van der Waals surface area (Å²) in [5.41, 5.74) is 3.61. The number of hydrogen-bond donors (Lipinski definition) is 4. The Morgan fingerprint density at radius 3 is 2.78 bits per heavy atom. The number of aliphatic hydroxyl groups excluding tert-OH is 1. The van der Waals surface area contributed by atoms with Crippen molar-refractivity contribution in [2.24, 2.45) is 10.4 Å². The molecule has 1 saturated heterocycles. The van der Waals surface area contributed by atoms with Gasteiger partial charge in [0.05, 0.1) is 6.61 Å². The van der Waals surface area contributed by atoms with Gasteiger partial charge in [-0.15, -0.1) is 24.0 Å². The molecule has 0 radical (unpaired) electrons. The second-order valence-corrected chi connectivity index (χ2v) is 7.46. The molecule has 6 nitrogen and oxygen atoms in total. The summed E-state index contributed by atoms with van der Waals surface area (Å²) in [5, 5.41) is 26.4. The molecule has 0 aromatic heterocycles. The van der Waals surface area contributed by atoms with E-state index in [0.717, 1.165) is 37.9 Å². The van der Waals surface area contributed by atoms with Crippen LogP contribution < -0.4 is 10.6 Å². The van der Waals surface area contributed by atoms with Gasteiger partial charge in [0.15, 0.2) is 5.96 Å². The molecule has 1 unspecified atom stereocenters. The lowest BCUT2D eigenvalue weighted by Gasteiger charge is -2.28. The molecule has 0 spiro atoms. The second-order valence-electron chi connectivity index (χ2n) is 7.46. The molecule has 1 aromatic carbocycles. The van der Waals surface area contributed by atoms with Crippen molar-refractivity contribution in [1.82, 2.24) is 10.6 Å². The lowest BCUT2D eigenvalue weighted by atomic mass is 9.84. The fraction of sp³-hybridized carbons (Fsp3) is 0.650. The predicted octanol–water partition coefficient (Wildman–Crippen LogP) is 2.34. The molecule has 1 aliphatic heterocycles. The number of aliphatic hydroxyl groups is 1. The summed E-state index contributed by atoms with van der Waals surface area (Å²) < 4.78 is 5.54. The lowest BCUT2D eigenvalue weighted by molar-refractivity contribution is 0.127. The number of fused-ring (bicyclic) bond motifs is 1. The highest BCUT2D eigenvalue weighted by molar-refractivity contribution is 14.0. The maximum atomic E-state index is 10.3. The molecule has 1 fully saturated rings. The maximum absolute atomic E-state index is 10.3. The summed E-state index contributed by atoms with van der Waals surface area (Å²) in [7, 11) is 1.75. The molecule has 0 amide bonds. The minimum Gasteiger partial charge on any atom is -0.508 e. The van der Waals surface area contributed by atoms with Crippen LogP contribution in [0.25, 0.3) is 0 Å². The van der Waals surface area contributed by atoms with E-state index in [1.54, 1.807) is 7.05 Å². The van der Waals surface area contributed by atoms with Gasteiger partial charge in [0, 0.05) is 44.3 Å². The number of hydrogen-bond acceptors (Lipinski definition) is 4. The van der Waals surface area contributed by atoms with Gasteiger partial charge >= 0.3 is 0 Å². The summed E-state index contributed by atoms with van der Waals surface area (Å²) in [6.07, 6.45) is 6.21. The first-order chi connectivity index (χ1) is 12.7. The van der Waals surface area contributed by atoms with E-state index in [-0.39, 0.29) is 36.0 Å². The Kier molecular flexibility index (Phi) is 8.62. The number of phenolic OH excluding ortho intramolecular Hbond substituents is 1. The topological polar surface area (TPSA) is 86.1 Å². The molecule has 27 heavy (non-hydrogen) atoms. The average molecular weight is 489 g/mol. The number of nitrogens with zero attached hydrogens (tertiary/aromatic N) is 1. The molecule has 1 heterocycles. The van der Waals surface area contributed by atoms with E-state index in [0.29, 0.717) is 31.4 Å². The monoisotopic (exact) mass is 489 g/mol. The minimum absolute atomic E-state index is 0. The van der Waals surface area contributed by atoms with Crippen molar-refractivity contribution in [1.29, 1.82) is 0 Å². The van der Waals surface area contributed by atoms with Crippen molar-refractivity contribution < 1.29 is 14.9 Å². The lowest BCUT2D eigenvalue weighted by Crippen LogP contribution is -2.44. The Labute approximate surface area is 178 Å². The average Bonchev–Trinajstić information content (AvgIpc) is 3.12. The molecule has 7 heteroatoms. The summed E-state index contributed by atoms with van der Waals surface area (Å²) in [6.45, 7) is 2.85. The van der Waals surface area contributed by atoms with Gasteiger partial charge in [0.25, 0.3) is 0 Å². The predicted molar refractivity (Wildman–Crippen MR) is 118 cm³/mol. The van der Waals surface area contributed by atoms with Crippen LogP contribution in [0.3, 0.4) is 0 Å². The van der Waals surface area contributed by atoms with Crippen LogP contribution in [0.5, 0.6) is 5.75 Å². The number of guanidine groups is 1. The molecule has 152 valence electrons. The van der Waals surface area contributed by atoms with E-state index in [9.17, 15) is 10.2 Å². The molecule has 1 atom stereocenters. The summed E-state index contributed by atoms with van der Waals surface area (Å²) in [5.74, 6) is 1.07. The van der Waals surface area contributed by atoms with Crippen LogP contribution in [-0.2, 0) is 24.1 Å². The maximum Gasteiger partial charge on any atom is 0.191 e. The number of phenols is 1. The van der Waals surface area contributed by atoms with Crippen molar-refractivity contribution in [3.8, 4) is 5.75 Å². The van der Waals surface area contributed by atoms with E-state index in [1.165, 1.54) is 24.0 Å². The highest BCUT2D eigenvalue weighted by Gasteiger charge is 2.34. The summed E-state index contributed by atoms with van der Waals surface area (Å²) in [4.78, 5) is 4.31. The van der Waals surface area contributed by atoms with Crippen molar-refractivity contribution in [2.75, 3.05) is 33.4 Å². The fourth-order valence-corrected chi connectivity index (χ4v) is 4.06. The standard InChI is InChI=1S/C20H31N3O3.HI/c1-21-19(23-13-20(8-10-24)9-11-26-14-20)22-12-17-16-5-3-2-4-15(16)6-7-18(17)25;/h6-7,24-25H,2-5,8-14H2,1H3,(H2,21,22,23);1H. The third-order valence-electron chi connectivity index (χ3n) is 5.74. The van der Waals surface area contributed by atoms with Crippen molar-refractivity contribution in [3.05, 3.63) is 28.8 Å². The van der Waals surface area contributed by atoms with E-state index in [4.69, 9.17) is 4.74 Å². The molecule has 0 saturated carbocycles. The molecule has 3 rings (SSSR count). The first-order valence-electron chi connectivity index (χ1n) is 9.63. The van der Waals surface area contributed by atoms with E-state index >= 15 is 0 Å². The molecule has 1 aromatic rings.